The van der Waals surface area contributed by atoms with E-state index in [1.165, 1.54) is 23.9 Å². The van der Waals surface area contributed by atoms with Gasteiger partial charge in [0.15, 0.2) is 11.0 Å². The number of nitro benzene ring substituents is 1. The lowest BCUT2D eigenvalue weighted by molar-refractivity contribution is -0.384. The van der Waals surface area contributed by atoms with Crippen LogP contribution in [-0.4, -0.2) is 31.3 Å². The van der Waals surface area contributed by atoms with Crippen molar-refractivity contribution in [2.45, 2.75) is 17.8 Å². The molecular weight excluding hydrogens is 414 g/mol. The molecule has 4 rings (SSSR count). The van der Waals surface area contributed by atoms with Crippen LogP contribution in [0.2, 0.25) is 0 Å². The number of nitro groups is 1. The van der Waals surface area contributed by atoms with Crippen molar-refractivity contribution < 1.29 is 9.66 Å². The molecule has 0 radical (unpaired) electrons. The van der Waals surface area contributed by atoms with Gasteiger partial charge in [0.2, 0.25) is 0 Å². The van der Waals surface area contributed by atoms with Crippen LogP contribution in [0.15, 0.2) is 78.2 Å². The van der Waals surface area contributed by atoms with E-state index in [1.807, 2.05) is 47.9 Å². The highest BCUT2D eigenvalue weighted by molar-refractivity contribution is 7.98. The van der Waals surface area contributed by atoms with Crippen molar-refractivity contribution in [1.82, 2.24) is 19.7 Å². The average molecular weight is 433 g/mol. The highest BCUT2D eigenvalue weighted by Gasteiger charge is 2.16. The van der Waals surface area contributed by atoms with Gasteiger partial charge in [0.05, 0.1) is 11.5 Å². The van der Waals surface area contributed by atoms with Crippen LogP contribution in [-0.2, 0) is 5.75 Å². The molecule has 0 unspecified atom stereocenters. The van der Waals surface area contributed by atoms with E-state index in [-0.39, 0.29) is 5.69 Å². The van der Waals surface area contributed by atoms with Crippen molar-refractivity contribution in [3.63, 3.8) is 0 Å². The molecular formula is C22H19N5O3S. The molecule has 0 amide bonds. The van der Waals surface area contributed by atoms with Crippen molar-refractivity contribution >= 4 is 17.4 Å². The molecule has 0 spiro atoms. The first-order valence-corrected chi connectivity index (χ1v) is 10.6. The van der Waals surface area contributed by atoms with E-state index in [4.69, 9.17) is 4.74 Å². The Hall–Kier alpha value is -3.72. The minimum absolute atomic E-state index is 0.0753. The van der Waals surface area contributed by atoms with E-state index in [2.05, 4.69) is 15.2 Å². The molecule has 0 saturated carbocycles. The van der Waals surface area contributed by atoms with Crippen LogP contribution in [0.4, 0.5) is 5.69 Å². The Morgan fingerprint density at radius 2 is 1.71 bits per heavy atom. The minimum atomic E-state index is -0.402. The number of hydrogen-bond donors (Lipinski definition) is 0. The Bertz CT molecular complexity index is 1160. The van der Waals surface area contributed by atoms with E-state index in [0.29, 0.717) is 23.3 Å². The Morgan fingerprint density at radius 1 is 1.00 bits per heavy atom. The summed E-state index contributed by atoms with van der Waals surface area (Å²) < 4.78 is 7.54. The number of nitrogens with zero attached hydrogens (tertiary/aromatic N) is 5. The largest absolute Gasteiger partial charge is 0.494 e. The third kappa shape index (κ3) is 4.72. The van der Waals surface area contributed by atoms with Crippen LogP contribution in [0.25, 0.3) is 17.1 Å². The summed E-state index contributed by atoms with van der Waals surface area (Å²) in [5.41, 5.74) is 2.85. The topological polar surface area (TPSA) is 96.0 Å². The SMILES string of the molecule is CCOc1ccc(-n2c(SCc3ccc([N+](=O)[O-])cc3)nnc2-c2ccncc2)cc1. The van der Waals surface area contributed by atoms with Gasteiger partial charge in [0, 0.05) is 41.5 Å². The highest BCUT2D eigenvalue weighted by atomic mass is 32.2. The van der Waals surface area contributed by atoms with Gasteiger partial charge in [-0.1, -0.05) is 23.9 Å². The number of hydrogen-bond acceptors (Lipinski definition) is 7. The molecule has 0 saturated heterocycles. The molecule has 2 aromatic carbocycles. The maximum absolute atomic E-state index is 10.9. The van der Waals surface area contributed by atoms with E-state index < -0.39 is 4.92 Å². The predicted molar refractivity (Wildman–Crippen MR) is 118 cm³/mol. The maximum atomic E-state index is 10.9. The van der Waals surface area contributed by atoms with Gasteiger partial charge in [-0.05, 0) is 48.9 Å². The van der Waals surface area contributed by atoms with Crippen LogP contribution >= 0.6 is 11.8 Å². The van der Waals surface area contributed by atoms with Gasteiger partial charge in [-0.15, -0.1) is 10.2 Å². The lowest BCUT2D eigenvalue weighted by atomic mass is 10.2. The number of pyridine rings is 1. The van der Waals surface area contributed by atoms with Crippen molar-refractivity contribution in [3.8, 4) is 22.8 Å². The van der Waals surface area contributed by atoms with Gasteiger partial charge >= 0.3 is 0 Å². The molecule has 2 heterocycles. The molecule has 0 aliphatic rings. The van der Waals surface area contributed by atoms with Gasteiger partial charge in [-0.2, -0.15) is 0 Å². The van der Waals surface area contributed by atoms with E-state index in [1.54, 1.807) is 24.5 Å². The van der Waals surface area contributed by atoms with E-state index >= 15 is 0 Å². The van der Waals surface area contributed by atoms with Gasteiger partial charge in [0.25, 0.3) is 5.69 Å². The summed E-state index contributed by atoms with van der Waals surface area (Å²) in [7, 11) is 0. The molecule has 0 aliphatic carbocycles. The van der Waals surface area contributed by atoms with E-state index in [9.17, 15) is 10.1 Å². The van der Waals surface area contributed by atoms with E-state index in [0.717, 1.165) is 22.6 Å². The van der Waals surface area contributed by atoms with Crippen LogP contribution in [0.3, 0.4) is 0 Å². The first-order valence-electron chi connectivity index (χ1n) is 9.61. The molecule has 4 aromatic rings. The minimum Gasteiger partial charge on any atom is -0.494 e. The average Bonchev–Trinajstić information content (AvgIpc) is 3.23. The quantitative estimate of drug-likeness (QED) is 0.221. The standard InChI is InChI=1S/C22H19N5O3S/c1-2-30-20-9-7-18(8-10-20)26-21(17-11-13-23-14-12-17)24-25-22(26)31-15-16-3-5-19(6-4-16)27(28)29/h3-14H,2,15H2,1H3. The third-order valence-electron chi connectivity index (χ3n) is 4.49. The Morgan fingerprint density at radius 3 is 2.35 bits per heavy atom. The Labute approximate surface area is 183 Å². The molecule has 9 heteroatoms. The molecule has 0 N–H and O–H groups in total. The molecule has 0 bridgehead atoms. The number of rotatable bonds is 8. The highest BCUT2D eigenvalue weighted by Crippen LogP contribution is 2.30. The number of aromatic nitrogens is 4. The first kappa shape index (κ1) is 20.5. The second-order valence-electron chi connectivity index (χ2n) is 6.52. The lowest BCUT2D eigenvalue weighted by Gasteiger charge is -2.11. The smallest absolute Gasteiger partial charge is 0.269 e. The normalized spacial score (nSPS) is 10.7. The number of thioether (sulfide) groups is 1. The van der Waals surface area contributed by atoms with Crippen molar-refractivity contribution in [2.24, 2.45) is 0 Å². The lowest BCUT2D eigenvalue weighted by Crippen LogP contribution is -2.00. The Kier molecular flexibility index (Phi) is 6.23. The van der Waals surface area contributed by atoms with Crippen molar-refractivity contribution in [2.75, 3.05) is 6.61 Å². The third-order valence-corrected chi connectivity index (χ3v) is 5.49. The molecule has 0 fully saturated rings. The fraction of sp³-hybridized carbons (Fsp3) is 0.136. The summed E-state index contributed by atoms with van der Waals surface area (Å²) in [5.74, 6) is 2.10. The van der Waals surface area contributed by atoms with Gasteiger partial charge in [-0.25, -0.2) is 0 Å². The molecule has 156 valence electrons. The molecule has 0 aliphatic heterocycles. The van der Waals surface area contributed by atoms with Crippen LogP contribution < -0.4 is 4.74 Å². The van der Waals surface area contributed by atoms with Crippen LogP contribution in [0, 0.1) is 10.1 Å². The van der Waals surface area contributed by atoms with Crippen molar-refractivity contribution in [3.05, 3.63) is 88.7 Å². The van der Waals surface area contributed by atoms with Gasteiger partial charge in [-0.3, -0.25) is 19.7 Å². The molecule has 2 aromatic heterocycles. The predicted octanol–water partition coefficient (Wildman–Crippen LogP) is 4.93. The first-order chi connectivity index (χ1) is 15.2. The number of non-ortho nitro benzene ring substituents is 1. The number of benzene rings is 2. The second-order valence-corrected chi connectivity index (χ2v) is 7.46. The zero-order chi connectivity index (χ0) is 21.6. The van der Waals surface area contributed by atoms with Crippen molar-refractivity contribution in [1.29, 1.82) is 0 Å². The fourth-order valence-corrected chi connectivity index (χ4v) is 3.91. The summed E-state index contributed by atoms with van der Waals surface area (Å²) in [6.45, 7) is 2.55. The monoisotopic (exact) mass is 433 g/mol. The van der Waals surface area contributed by atoms with Crippen LogP contribution in [0.1, 0.15) is 12.5 Å². The molecule has 8 nitrogen and oxygen atoms in total. The zero-order valence-corrected chi connectivity index (χ0v) is 17.5. The van der Waals surface area contributed by atoms with Gasteiger partial charge in [0.1, 0.15) is 5.75 Å². The zero-order valence-electron chi connectivity index (χ0n) is 16.7. The summed E-state index contributed by atoms with van der Waals surface area (Å²) >= 11 is 1.51. The summed E-state index contributed by atoms with van der Waals surface area (Å²) in [6, 6.07) is 18.1. The molecule has 0 atom stereocenters. The number of ether oxygens (including phenoxy) is 1. The van der Waals surface area contributed by atoms with Crippen LogP contribution in [0.5, 0.6) is 5.75 Å². The summed E-state index contributed by atoms with van der Waals surface area (Å²) in [5, 5.41) is 20.4. The second kappa shape index (κ2) is 9.40. The Balaban J connectivity index is 1.65. The molecule has 31 heavy (non-hydrogen) atoms. The fourth-order valence-electron chi connectivity index (χ4n) is 3.00. The maximum Gasteiger partial charge on any atom is 0.269 e. The summed E-state index contributed by atoms with van der Waals surface area (Å²) in [6.07, 6.45) is 3.44. The van der Waals surface area contributed by atoms with Gasteiger partial charge < -0.3 is 4.74 Å². The summed E-state index contributed by atoms with van der Waals surface area (Å²) in [4.78, 5) is 14.5.